The van der Waals surface area contributed by atoms with Gasteiger partial charge in [0.05, 0.1) is 4.90 Å². The molecule has 0 fully saturated rings. The van der Waals surface area contributed by atoms with Crippen LogP contribution in [0.25, 0.3) is 0 Å². The van der Waals surface area contributed by atoms with Gasteiger partial charge in [0.1, 0.15) is 5.75 Å². The van der Waals surface area contributed by atoms with Crippen molar-refractivity contribution in [2.24, 2.45) is 0 Å². The number of carbonyl (C=O) groups excluding carboxylic acids is 1. The smallest absolute Gasteiger partial charge is 0.387 e. The summed E-state index contributed by atoms with van der Waals surface area (Å²) in [7, 11) is -3.89. The molecule has 0 atom stereocenters. The minimum Gasteiger partial charge on any atom is -0.435 e. The lowest BCUT2D eigenvalue weighted by Crippen LogP contribution is -2.24. The van der Waals surface area contributed by atoms with Crippen LogP contribution >= 0.6 is 0 Å². The monoisotopic (exact) mass is 460 g/mol. The van der Waals surface area contributed by atoms with Gasteiger partial charge in [-0.3, -0.25) is 9.52 Å². The highest BCUT2D eigenvalue weighted by molar-refractivity contribution is 7.92. The lowest BCUT2D eigenvalue weighted by molar-refractivity contribution is -0.0498. The van der Waals surface area contributed by atoms with Crippen LogP contribution in [-0.2, 0) is 16.6 Å². The maximum Gasteiger partial charge on any atom is 0.387 e. The molecule has 0 bridgehead atoms. The number of alkyl halides is 2. The van der Waals surface area contributed by atoms with Crippen LogP contribution in [0.4, 0.5) is 14.5 Å². The van der Waals surface area contributed by atoms with Crippen LogP contribution in [0.15, 0.2) is 71.6 Å². The van der Waals surface area contributed by atoms with Crippen molar-refractivity contribution in [3.63, 3.8) is 0 Å². The Morgan fingerprint density at radius 2 is 1.62 bits per heavy atom. The largest absolute Gasteiger partial charge is 0.435 e. The number of hydrogen-bond acceptors (Lipinski definition) is 4. The third kappa shape index (κ3) is 6.04. The van der Waals surface area contributed by atoms with Gasteiger partial charge >= 0.3 is 6.61 Å². The number of anilines is 1. The van der Waals surface area contributed by atoms with Crippen LogP contribution in [0.1, 0.15) is 27.0 Å². The number of rotatable bonds is 8. The number of carbonyl (C=O) groups is 1. The van der Waals surface area contributed by atoms with Crippen molar-refractivity contribution < 1.29 is 26.7 Å². The highest BCUT2D eigenvalue weighted by Gasteiger charge is 2.18. The molecule has 0 saturated carbocycles. The molecule has 0 radical (unpaired) electrons. The topological polar surface area (TPSA) is 84.5 Å². The molecule has 0 aliphatic heterocycles. The number of nitrogens with one attached hydrogen (secondary N) is 2. The zero-order valence-electron chi connectivity index (χ0n) is 17.4. The lowest BCUT2D eigenvalue weighted by Gasteiger charge is -2.12. The van der Waals surface area contributed by atoms with Crippen molar-refractivity contribution in [3.8, 4) is 5.75 Å². The van der Waals surface area contributed by atoms with E-state index < -0.39 is 22.5 Å². The molecule has 0 saturated heterocycles. The molecule has 3 aromatic rings. The lowest BCUT2D eigenvalue weighted by atomic mass is 10.1. The second-order valence-corrected chi connectivity index (χ2v) is 8.84. The molecule has 9 heteroatoms. The maximum atomic E-state index is 12.8. The molecule has 168 valence electrons. The number of amides is 1. The summed E-state index contributed by atoms with van der Waals surface area (Å²) in [5.74, 6) is -0.437. The summed E-state index contributed by atoms with van der Waals surface area (Å²) in [6, 6.07) is 17.1. The Morgan fingerprint density at radius 3 is 2.25 bits per heavy atom. The molecule has 0 aliphatic carbocycles. The van der Waals surface area contributed by atoms with Crippen LogP contribution in [-0.4, -0.2) is 20.9 Å². The summed E-state index contributed by atoms with van der Waals surface area (Å²) in [6.45, 7) is 0.822. The molecule has 32 heavy (non-hydrogen) atoms. The van der Waals surface area contributed by atoms with Crippen LogP contribution < -0.4 is 14.8 Å². The molecule has 6 nitrogen and oxygen atoms in total. The predicted octanol–water partition coefficient (Wildman–Crippen LogP) is 4.64. The number of halogens is 2. The summed E-state index contributed by atoms with van der Waals surface area (Å²) >= 11 is 0. The Bertz CT molecular complexity index is 1200. The van der Waals surface area contributed by atoms with Crippen molar-refractivity contribution in [1.82, 2.24) is 5.32 Å². The van der Waals surface area contributed by atoms with E-state index >= 15 is 0 Å². The van der Waals surface area contributed by atoms with Crippen molar-refractivity contribution in [1.29, 1.82) is 0 Å². The first-order valence-corrected chi connectivity index (χ1v) is 11.1. The zero-order chi connectivity index (χ0) is 23.3. The summed E-state index contributed by atoms with van der Waals surface area (Å²) in [5.41, 5.74) is 2.91. The molecular formula is C23H22F2N2O4S. The molecule has 0 unspecified atom stereocenters. The van der Waals surface area contributed by atoms with E-state index in [-0.39, 0.29) is 22.8 Å². The highest BCUT2D eigenvalue weighted by Crippen LogP contribution is 2.20. The second kappa shape index (κ2) is 9.78. The molecule has 3 rings (SSSR count). The Labute approximate surface area is 185 Å². The molecule has 0 aliphatic rings. The predicted molar refractivity (Wildman–Crippen MR) is 117 cm³/mol. The minimum atomic E-state index is -3.89. The Hall–Kier alpha value is -3.46. The standard InChI is InChI=1S/C23H22F2N2O4S/c1-15-3-8-18(9-4-15)27-32(29,30)20-12-5-16(2)21(13-20)22(28)26-14-17-6-10-19(11-7-17)31-23(24)25/h3-13,23,27H,14H2,1-2H3,(H,26,28). The highest BCUT2D eigenvalue weighted by atomic mass is 32.2. The van der Waals surface area contributed by atoms with E-state index in [1.165, 1.54) is 24.3 Å². The van der Waals surface area contributed by atoms with Gasteiger partial charge < -0.3 is 10.1 Å². The van der Waals surface area contributed by atoms with E-state index in [1.54, 1.807) is 49.4 Å². The average Bonchev–Trinajstić information content (AvgIpc) is 2.74. The first kappa shape index (κ1) is 23.2. The van der Waals surface area contributed by atoms with Gasteiger partial charge in [-0.25, -0.2) is 8.42 Å². The number of aryl methyl sites for hydroxylation is 2. The summed E-state index contributed by atoms with van der Waals surface area (Å²) in [6.07, 6.45) is 0. The van der Waals surface area contributed by atoms with E-state index in [0.29, 0.717) is 16.8 Å². The maximum absolute atomic E-state index is 12.8. The fourth-order valence-corrected chi connectivity index (χ4v) is 4.00. The van der Waals surface area contributed by atoms with Crippen molar-refractivity contribution in [3.05, 3.63) is 89.0 Å². The molecule has 0 aromatic heterocycles. The van der Waals surface area contributed by atoms with Crippen molar-refractivity contribution in [2.45, 2.75) is 31.9 Å². The molecular weight excluding hydrogens is 438 g/mol. The quantitative estimate of drug-likeness (QED) is 0.513. The summed E-state index contributed by atoms with van der Waals surface area (Å²) in [5, 5.41) is 2.71. The number of benzene rings is 3. The van der Waals surface area contributed by atoms with Gasteiger partial charge in [-0.15, -0.1) is 0 Å². The van der Waals surface area contributed by atoms with Crippen LogP contribution in [0, 0.1) is 13.8 Å². The first-order valence-electron chi connectivity index (χ1n) is 9.66. The van der Waals surface area contributed by atoms with Crippen LogP contribution in [0.3, 0.4) is 0 Å². The Balaban J connectivity index is 1.71. The van der Waals surface area contributed by atoms with Gasteiger partial charge in [-0.1, -0.05) is 35.9 Å². The van der Waals surface area contributed by atoms with Crippen LogP contribution in [0.5, 0.6) is 5.75 Å². The average molecular weight is 461 g/mol. The molecule has 1 amide bonds. The van der Waals surface area contributed by atoms with Gasteiger partial charge in [0.15, 0.2) is 0 Å². The van der Waals surface area contributed by atoms with Gasteiger partial charge in [-0.05, 0) is 61.4 Å². The summed E-state index contributed by atoms with van der Waals surface area (Å²) in [4.78, 5) is 12.6. The minimum absolute atomic E-state index is 0.0184. The first-order chi connectivity index (χ1) is 15.1. The Morgan fingerprint density at radius 1 is 0.969 bits per heavy atom. The second-order valence-electron chi connectivity index (χ2n) is 7.15. The number of hydrogen-bond donors (Lipinski definition) is 2. The number of ether oxygens (including phenoxy) is 1. The SMILES string of the molecule is Cc1ccc(NS(=O)(=O)c2ccc(C)c(C(=O)NCc3ccc(OC(F)F)cc3)c2)cc1. The van der Waals surface area contributed by atoms with E-state index in [0.717, 1.165) is 5.56 Å². The van der Waals surface area contributed by atoms with E-state index in [9.17, 15) is 22.0 Å². The van der Waals surface area contributed by atoms with Crippen molar-refractivity contribution in [2.75, 3.05) is 4.72 Å². The zero-order valence-corrected chi connectivity index (χ0v) is 18.2. The third-order valence-corrected chi connectivity index (χ3v) is 6.05. The number of sulfonamides is 1. The molecule has 2 N–H and O–H groups in total. The van der Waals surface area contributed by atoms with Crippen molar-refractivity contribution >= 4 is 21.6 Å². The van der Waals surface area contributed by atoms with E-state index in [2.05, 4.69) is 14.8 Å². The van der Waals surface area contributed by atoms with Crippen LogP contribution in [0.2, 0.25) is 0 Å². The normalized spacial score (nSPS) is 11.3. The fraction of sp³-hybridized carbons (Fsp3) is 0.174. The van der Waals surface area contributed by atoms with E-state index in [4.69, 9.17) is 0 Å². The van der Waals surface area contributed by atoms with Gasteiger partial charge in [0.25, 0.3) is 15.9 Å². The summed E-state index contributed by atoms with van der Waals surface area (Å²) < 4.78 is 56.8. The molecule has 0 spiro atoms. The van der Waals surface area contributed by atoms with Gasteiger partial charge in [-0.2, -0.15) is 8.78 Å². The van der Waals surface area contributed by atoms with Gasteiger partial charge in [0.2, 0.25) is 0 Å². The van der Waals surface area contributed by atoms with E-state index in [1.807, 2.05) is 6.92 Å². The third-order valence-electron chi connectivity index (χ3n) is 4.67. The Kier molecular flexibility index (Phi) is 7.09. The molecule has 0 heterocycles. The van der Waals surface area contributed by atoms with Gasteiger partial charge in [0, 0.05) is 17.8 Å². The molecule has 3 aromatic carbocycles. The fourth-order valence-electron chi connectivity index (χ4n) is 2.91.